The monoisotopic (exact) mass is 409 g/mol. The van der Waals surface area contributed by atoms with Crippen molar-refractivity contribution in [3.8, 4) is 0 Å². The number of carbonyl (C=O) groups excluding carboxylic acids is 2. The molecule has 0 aliphatic carbocycles. The molecule has 3 heterocycles. The second-order valence-corrected chi connectivity index (χ2v) is 7.83. The zero-order chi connectivity index (χ0) is 20.8. The van der Waals surface area contributed by atoms with E-state index in [4.69, 9.17) is 9.47 Å². The first-order valence-corrected chi connectivity index (χ1v) is 10.4. The fraction of sp³-hybridized carbons (Fsp3) is 0.435. The molecule has 2 aliphatic heterocycles. The Morgan fingerprint density at radius 1 is 1.13 bits per heavy atom. The Morgan fingerprint density at radius 2 is 1.97 bits per heavy atom. The smallest absolute Gasteiger partial charge is 0.242 e. The highest BCUT2D eigenvalue weighted by molar-refractivity contribution is 5.86. The number of hydrogen-bond acceptors (Lipinski definition) is 5. The van der Waals surface area contributed by atoms with Crippen LogP contribution < -0.4 is 0 Å². The number of ether oxygens (including phenoxy) is 2. The number of pyridine rings is 1. The number of amides is 2. The molecule has 0 spiro atoms. The molecule has 0 bridgehead atoms. The van der Waals surface area contributed by atoms with Crippen LogP contribution in [0.5, 0.6) is 0 Å². The summed E-state index contributed by atoms with van der Waals surface area (Å²) >= 11 is 0. The average Bonchev–Trinajstić information content (AvgIpc) is 3.27. The first-order chi connectivity index (χ1) is 14.7. The predicted octanol–water partition coefficient (Wildman–Crippen LogP) is 1.87. The minimum Gasteiger partial charge on any atom is -0.381 e. The van der Waals surface area contributed by atoms with Crippen LogP contribution in [0.25, 0.3) is 0 Å². The van der Waals surface area contributed by atoms with Crippen LogP contribution in [0.2, 0.25) is 0 Å². The van der Waals surface area contributed by atoms with Gasteiger partial charge < -0.3 is 19.3 Å². The van der Waals surface area contributed by atoms with Crippen molar-refractivity contribution in [2.45, 2.75) is 25.7 Å². The lowest BCUT2D eigenvalue weighted by Gasteiger charge is -2.26. The minimum absolute atomic E-state index is 0.0163. The van der Waals surface area contributed by atoms with Gasteiger partial charge in [-0.05, 0) is 23.6 Å². The van der Waals surface area contributed by atoms with E-state index in [1.165, 1.54) is 0 Å². The summed E-state index contributed by atoms with van der Waals surface area (Å²) in [5.74, 6) is -0.258. The van der Waals surface area contributed by atoms with Crippen LogP contribution in [0.1, 0.15) is 17.5 Å². The Kier molecular flexibility index (Phi) is 6.71. The second-order valence-electron chi connectivity index (χ2n) is 7.83. The number of rotatable bonds is 6. The van der Waals surface area contributed by atoms with Gasteiger partial charge in [0.2, 0.25) is 11.8 Å². The third-order valence-electron chi connectivity index (χ3n) is 5.54. The summed E-state index contributed by atoms with van der Waals surface area (Å²) in [6, 6.07) is 13.7. The van der Waals surface area contributed by atoms with Gasteiger partial charge in [0.1, 0.15) is 0 Å². The molecule has 2 aliphatic rings. The largest absolute Gasteiger partial charge is 0.381 e. The topological polar surface area (TPSA) is 72.0 Å². The normalized spacial score (nSPS) is 22.2. The van der Waals surface area contributed by atoms with E-state index < -0.39 is 0 Å². The van der Waals surface area contributed by atoms with Gasteiger partial charge in [-0.3, -0.25) is 14.6 Å². The average molecular weight is 409 g/mol. The van der Waals surface area contributed by atoms with Crippen LogP contribution in [0.3, 0.4) is 0 Å². The van der Waals surface area contributed by atoms with E-state index in [9.17, 15) is 9.59 Å². The zero-order valence-electron chi connectivity index (χ0n) is 17.0. The quantitative estimate of drug-likeness (QED) is 0.729. The standard InChI is InChI=1S/C23H27N3O4/c27-22-15-26(23(28)20-8-10-29-17-20)14-21(30-16-18-5-2-1-3-6-18)13-25(22)12-19-7-4-9-24-11-19/h1-7,9,11,20-21H,8,10,12-17H2/t20-,21-/m0/s1. The number of hydrogen-bond donors (Lipinski definition) is 0. The van der Waals surface area contributed by atoms with E-state index in [0.29, 0.717) is 45.9 Å². The van der Waals surface area contributed by atoms with Crippen molar-refractivity contribution in [2.24, 2.45) is 5.92 Å². The van der Waals surface area contributed by atoms with E-state index in [1.807, 2.05) is 42.5 Å². The lowest BCUT2D eigenvalue weighted by molar-refractivity contribution is -0.141. The molecular weight excluding hydrogens is 382 g/mol. The van der Waals surface area contributed by atoms with Crippen LogP contribution in [-0.4, -0.2) is 65.6 Å². The fourth-order valence-electron chi connectivity index (χ4n) is 3.89. The van der Waals surface area contributed by atoms with Crippen molar-refractivity contribution < 1.29 is 19.1 Å². The van der Waals surface area contributed by atoms with E-state index in [0.717, 1.165) is 11.1 Å². The molecule has 2 amide bonds. The van der Waals surface area contributed by atoms with E-state index in [-0.39, 0.29) is 30.4 Å². The molecule has 7 heteroatoms. The van der Waals surface area contributed by atoms with Gasteiger partial charge in [-0.1, -0.05) is 36.4 Å². The van der Waals surface area contributed by atoms with Gasteiger partial charge >= 0.3 is 0 Å². The van der Waals surface area contributed by atoms with E-state index >= 15 is 0 Å². The molecule has 0 unspecified atom stereocenters. The molecule has 0 N–H and O–H groups in total. The van der Waals surface area contributed by atoms with Crippen molar-refractivity contribution in [2.75, 3.05) is 32.8 Å². The summed E-state index contributed by atoms with van der Waals surface area (Å²) in [5.41, 5.74) is 2.02. The molecule has 30 heavy (non-hydrogen) atoms. The summed E-state index contributed by atoms with van der Waals surface area (Å²) in [6.45, 7) is 2.82. The summed E-state index contributed by atoms with van der Waals surface area (Å²) < 4.78 is 11.6. The Morgan fingerprint density at radius 3 is 2.70 bits per heavy atom. The van der Waals surface area contributed by atoms with Crippen LogP contribution >= 0.6 is 0 Å². The number of benzene rings is 1. The number of nitrogens with zero attached hydrogens (tertiary/aromatic N) is 3. The summed E-state index contributed by atoms with van der Waals surface area (Å²) in [4.78, 5) is 33.5. The molecule has 4 rings (SSSR count). The minimum atomic E-state index is -0.264. The molecule has 1 aromatic heterocycles. The number of carbonyl (C=O) groups is 2. The lowest BCUT2D eigenvalue weighted by atomic mass is 10.1. The Labute approximate surface area is 176 Å². The van der Waals surface area contributed by atoms with Crippen LogP contribution in [0.4, 0.5) is 0 Å². The first-order valence-electron chi connectivity index (χ1n) is 10.4. The SMILES string of the molecule is O=C1CN(C(=O)[C@H]2CCOC2)C[C@@H](OCc2ccccc2)CN1Cc1cccnc1. The molecular formula is C23H27N3O4. The maximum Gasteiger partial charge on any atom is 0.242 e. The Hall–Kier alpha value is -2.77. The van der Waals surface area contributed by atoms with Gasteiger partial charge in [-0.2, -0.15) is 0 Å². The van der Waals surface area contributed by atoms with Gasteiger partial charge in [0, 0.05) is 38.6 Å². The van der Waals surface area contributed by atoms with Crippen LogP contribution in [0, 0.1) is 5.92 Å². The predicted molar refractivity (Wildman–Crippen MR) is 110 cm³/mol. The molecule has 1 aromatic carbocycles. The van der Waals surface area contributed by atoms with Crippen molar-refractivity contribution in [3.05, 3.63) is 66.0 Å². The summed E-state index contributed by atoms with van der Waals surface area (Å²) in [6.07, 6.45) is 3.92. The second kappa shape index (κ2) is 9.82. The zero-order valence-corrected chi connectivity index (χ0v) is 17.0. The van der Waals surface area contributed by atoms with Crippen molar-refractivity contribution in [1.29, 1.82) is 0 Å². The van der Waals surface area contributed by atoms with Crippen LogP contribution in [-0.2, 0) is 32.2 Å². The maximum absolute atomic E-state index is 13.0. The molecule has 0 saturated carbocycles. The van der Waals surface area contributed by atoms with E-state index in [2.05, 4.69) is 4.98 Å². The molecule has 158 valence electrons. The summed E-state index contributed by atoms with van der Waals surface area (Å²) in [5, 5.41) is 0. The first kappa shape index (κ1) is 20.5. The van der Waals surface area contributed by atoms with E-state index in [1.54, 1.807) is 22.2 Å². The van der Waals surface area contributed by atoms with Gasteiger partial charge in [-0.25, -0.2) is 0 Å². The maximum atomic E-state index is 13.0. The molecule has 2 saturated heterocycles. The third kappa shape index (κ3) is 5.23. The van der Waals surface area contributed by atoms with Gasteiger partial charge in [0.15, 0.2) is 0 Å². The van der Waals surface area contributed by atoms with Gasteiger partial charge in [-0.15, -0.1) is 0 Å². The number of aromatic nitrogens is 1. The Balaban J connectivity index is 1.49. The highest BCUT2D eigenvalue weighted by Gasteiger charge is 2.35. The van der Waals surface area contributed by atoms with Gasteiger partial charge in [0.25, 0.3) is 0 Å². The lowest BCUT2D eigenvalue weighted by Crippen LogP contribution is -2.43. The van der Waals surface area contributed by atoms with Crippen LogP contribution in [0.15, 0.2) is 54.9 Å². The van der Waals surface area contributed by atoms with Crippen molar-refractivity contribution in [1.82, 2.24) is 14.8 Å². The Bertz CT molecular complexity index is 840. The molecule has 2 atom stereocenters. The molecule has 2 fully saturated rings. The molecule has 7 nitrogen and oxygen atoms in total. The van der Waals surface area contributed by atoms with Gasteiger partial charge in [0.05, 0.1) is 31.8 Å². The highest BCUT2D eigenvalue weighted by Crippen LogP contribution is 2.19. The van der Waals surface area contributed by atoms with Crippen molar-refractivity contribution >= 4 is 11.8 Å². The molecule has 0 radical (unpaired) electrons. The molecule has 2 aromatic rings. The third-order valence-corrected chi connectivity index (χ3v) is 5.54. The van der Waals surface area contributed by atoms with Crippen molar-refractivity contribution in [3.63, 3.8) is 0 Å². The summed E-state index contributed by atoms with van der Waals surface area (Å²) in [7, 11) is 0. The fourth-order valence-corrected chi connectivity index (χ4v) is 3.89. The highest BCUT2D eigenvalue weighted by atomic mass is 16.5.